The normalized spacial score (nSPS) is 15.5. The molecule has 0 amide bonds. The smallest absolute Gasteiger partial charge is 0.383 e. The lowest BCUT2D eigenvalue weighted by Crippen LogP contribution is -2.09. The van der Waals surface area contributed by atoms with E-state index in [0.29, 0.717) is 12.0 Å². The third-order valence-electron chi connectivity index (χ3n) is 3.47. The summed E-state index contributed by atoms with van der Waals surface area (Å²) in [5.41, 5.74) is 5.59. The van der Waals surface area contributed by atoms with E-state index in [0.717, 1.165) is 17.5 Å². The molecule has 0 bridgehead atoms. The summed E-state index contributed by atoms with van der Waals surface area (Å²) in [6.07, 6.45) is 1.05. The first-order chi connectivity index (χ1) is 9.88. The highest BCUT2D eigenvalue weighted by molar-refractivity contribution is 5.77. The summed E-state index contributed by atoms with van der Waals surface area (Å²) in [5, 5.41) is 7.71. The molecule has 0 saturated heterocycles. The molecule has 2 heterocycles. The van der Waals surface area contributed by atoms with Gasteiger partial charge in [-0.25, -0.2) is 0 Å². The number of hydrogen-bond donors (Lipinski definition) is 1. The Hall–Kier alpha value is -2.25. The van der Waals surface area contributed by atoms with Crippen molar-refractivity contribution in [2.75, 3.05) is 5.73 Å². The van der Waals surface area contributed by atoms with Gasteiger partial charge in [-0.2, -0.15) is 28.1 Å². The zero-order valence-electron chi connectivity index (χ0n) is 11.4. The number of aromatic nitrogens is 4. The van der Waals surface area contributed by atoms with Crippen molar-refractivity contribution in [1.82, 2.24) is 19.6 Å². The number of nitrogens with zero attached hydrogens (tertiary/aromatic N) is 4. The number of nitrogen functional groups attached to an aromatic ring is 1. The molecule has 0 unspecified atom stereocenters. The Morgan fingerprint density at radius 3 is 2.57 bits per heavy atom. The molecule has 0 aliphatic heterocycles. The first-order valence-electron chi connectivity index (χ1n) is 6.53. The minimum Gasteiger partial charge on any atom is -0.383 e. The van der Waals surface area contributed by atoms with Crippen LogP contribution in [0.1, 0.15) is 30.5 Å². The van der Waals surface area contributed by atoms with E-state index < -0.39 is 11.9 Å². The average Bonchev–Trinajstić information content (AvgIpc) is 3.07. The third kappa shape index (κ3) is 2.30. The second kappa shape index (κ2) is 4.64. The van der Waals surface area contributed by atoms with Crippen LogP contribution in [0, 0.1) is 0 Å². The summed E-state index contributed by atoms with van der Waals surface area (Å²) in [6.45, 7) is 0. The maximum Gasteiger partial charge on any atom is 0.435 e. The van der Waals surface area contributed by atoms with E-state index in [1.807, 2.05) is 0 Å². The Morgan fingerprint density at radius 1 is 1.29 bits per heavy atom. The van der Waals surface area contributed by atoms with Crippen molar-refractivity contribution in [2.24, 2.45) is 7.05 Å². The largest absolute Gasteiger partial charge is 0.435 e. The number of nitrogens with two attached hydrogens (primary N) is 1. The molecule has 2 N–H and O–H groups in total. The Balaban J connectivity index is 2.20. The standard InChI is InChI=1S/C13H14F3N5/c1-20-7-6-9(18-20)21-12(17)10(8-4-2-3-5-8)11(19-21)13(14,15)16/h4,6-7H,2-3,5,17H2,1H3. The number of allylic oxidation sites excluding steroid dienone is 2. The summed E-state index contributed by atoms with van der Waals surface area (Å²) < 4.78 is 42.2. The molecule has 1 aliphatic rings. The van der Waals surface area contributed by atoms with Crippen LogP contribution >= 0.6 is 0 Å². The van der Waals surface area contributed by atoms with E-state index in [4.69, 9.17) is 5.73 Å². The van der Waals surface area contributed by atoms with Crippen molar-refractivity contribution in [3.8, 4) is 5.82 Å². The Bertz CT molecular complexity index is 708. The minimum absolute atomic E-state index is 0.00865. The molecule has 3 rings (SSSR count). The van der Waals surface area contributed by atoms with Gasteiger partial charge in [-0.3, -0.25) is 4.68 Å². The zero-order valence-corrected chi connectivity index (χ0v) is 11.4. The second-order valence-corrected chi connectivity index (χ2v) is 4.99. The van der Waals surface area contributed by atoms with Crippen LogP contribution in [0.15, 0.2) is 18.3 Å². The summed E-state index contributed by atoms with van der Waals surface area (Å²) >= 11 is 0. The lowest BCUT2D eigenvalue weighted by molar-refractivity contribution is -0.141. The second-order valence-electron chi connectivity index (χ2n) is 4.99. The molecule has 0 fully saturated rings. The molecule has 0 spiro atoms. The maximum absolute atomic E-state index is 13.2. The number of halogens is 3. The minimum atomic E-state index is -4.55. The fraction of sp³-hybridized carbons (Fsp3) is 0.385. The molecule has 112 valence electrons. The molecule has 5 nitrogen and oxygen atoms in total. The zero-order chi connectivity index (χ0) is 15.2. The first-order valence-corrected chi connectivity index (χ1v) is 6.53. The Kier molecular flexibility index (Phi) is 3.03. The van der Waals surface area contributed by atoms with Gasteiger partial charge in [0.05, 0.1) is 5.56 Å². The molecule has 2 aromatic rings. The fourth-order valence-corrected chi connectivity index (χ4v) is 2.53. The molecule has 0 radical (unpaired) electrons. The molecule has 0 atom stereocenters. The van der Waals surface area contributed by atoms with Gasteiger partial charge in [0.1, 0.15) is 5.82 Å². The molecule has 21 heavy (non-hydrogen) atoms. The lowest BCUT2D eigenvalue weighted by Gasteiger charge is -2.07. The van der Waals surface area contributed by atoms with Crippen LogP contribution in [-0.2, 0) is 13.2 Å². The van der Waals surface area contributed by atoms with Gasteiger partial charge >= 0.3 is 6.18 Å². The number of anilines is 1. The molecule has 0 aromatic carbocycles. The van der Waals surface area contributed by atoms with Crippen molar-refractivity contribution in [3.63, 3.8) is 0 Å². The van der Waals surface area contributed by atoms with E-state index in [-0.39, 0.29) is 17.2 Å². The van der Waals surface area contributed by atoms with Gasteiger partial charge in [0.25, 0.3) is 0 Å². The van der Waals surface area contributed by atoms with Crippen molar-refractivity contribution < 1.29 is 13.2 Å². The average molecular weight is 297 g/mol. The molecule has 1 aliphatic carbocycles. The number of alkyl halides is 3. The summed E-state index contributed by atoms with van der Waals surface area (Å²) in [4.78, 5) is 0. The van der Waals surface area contributed by atoms with Gasteiger partial charge in [-0.05, 0) is 24.8 Å². The highest BCUT2D eigenvalue weighted by Gasteiger charge is 2.40. The topological polar surface area (TPSA) is 61.7 Å². The van der Waals surface area contributed by atoms with Gasteiger partial charge in [-0.1, -0.05) is 6.08 Å². The van der Waals surface area contributed by atoms with E-state index in [2.05, 4.69) is 10.2 Å². The monoisotopic (exact) mass is 297 g/mol. The summed E-state index contributed by atoms with van der Waals surface area (Å²) in [7, 11) is 1.67. The molecular weight excluding hydrogens is 283 g/mol. The molecular formula is C13H14F3N5. The van der Waals surface area contributed by atoms with Crippen LogP contribution < -0.4 is 5.73 Å². The highest BCUT2D eigenvalue weighted by Crippen LogP contribution is 2.41. The van der Waals surface area contributed by atoms with Crippen LogP contribution in [0.4, 0.5) is 19.0 Å². The van der Waals surface area contributed by atoms with E-state index in [1.165, 1.54) is 4.68 Å². The van der Waals surface area contributed by atoms with Gasteiger partial charge in [0.2, 0.25) is 0 Å². The fourth-order valence-electron chi connectivity index (χ4n) is 2.53. The third-order valence-corrected chi connectivity index (χ3v) is 3.47. The van der Waals surface area contributed by atoms with Crippen LogP contribution in [0.5, 0.6) is 0 Å². The van der Waals surface area contributed by atoms with E-state index in [1.54, 1.807) is 25.4 Å². The number of hydrogen-bond acceptors (Lipinski definition) is 3. The van der Waals surface area contributed by atoms with E-state index in [9.17, 15) is 13.2 Å². The lowest BCUT2D eigenvalue weighted by atomic mass is 10.0. The molecule has 8 heteroatoms. The highest BCUT2D eigenvalue weighted by atomic mass is 19.4. The van der Waals surface area contributed by atoms with Crippen molar-refractivity contribution >= 4 is 11.4 Å². The van der Waals surface area contributed by atoms with Crippen molar-refractivity contribution in [3.05, 3.63) is 29.6 Å². The predicted octanol–water partition coefficient (Wildman–Crippen LogP) is 2.77. The first kappa shape index (κ1) is 13.7. The van der Waals surface area contributed by atoms with Crippen LogP contribution in [0.3, 0.4) is 0 Å². The van der Waals surface area contributed by atoms with Gasteiger partial charge < -0.3 is 5.73 Å². The molecule has 2 aromatic heterocycles. The van der Waals surface area contributed by atoms with Crippen molar-refractivity contribution in [1.29, 1.82) is 0 Å². The SMILES string of the molecule is Cn1ccc(-n2nc(C(F)(F)F)c(C3=CCCC3)c2N)n1. The van der Waals surface area contributed by atoms with Gasteiger partial charge in [0.15, 0.2) is 11.5 Å². The quantitative estimate of drug-likeness (QED) is 0.927. The summed E-state index contributed by atoms with van der Waals surface area (Å²) in [6, 6.07) is 1.57. The summed E-state index contributed by atoms with van der Waals surface area (Å²) in [5.74, 6) is 0.250. The van der Waals surface area contributed by atoms with Crippen LogP contribution in [-0.4, -0.2) is 19.6 Å². The Labute approximate surface area is 118 Å². The Morgan fingerprint density at radius 2 is 2.05 bits per heavy atom. The maximum atomic E-state index is 13.2. The van der Waals surface area contributed by atoms with Gasteiger partial charge in [-0.15, -0.1) is 0 Å². The predicted molar refractivity (Wildman–Crippen MR) is 71.6 cm³/mol. The van der Waals surface area contributed by atoms with Gasteiger partial charge in [0, 0.05) is 19.3 Å². The molecule has 0 saturated carbocycles. The number of aryl methyl sites for hydroxylation is 1. The van der Waals surface area contributed by atoms with E-state index >= 15 is 0 Å². The van der Waals surface area contributed by atoms with Crippen LogP contribution in [0.2, 0.25) is 0 Å². The number of rotatable bonds is 2. The van der Waals surface area contributed by atoms with Crippen molar-refractivity contribution in [2.45, 2.75) is 25.4 Å². The van der Waals surface area contributed by atoms with Crippen LogP contribution in [0.25, 0.3) is 11.4 Å².